The van der Waals surface area contributed by atoms with Crippen molar-refractivity contribution < 1.29 is 19.1 Å². The zero-order valence-corrected chi connectivity index (χ0v) is 14.7. The molecule has 0 aliphatic heterocycles. The van der Waals surface area contributed by atoms with E-state index in [1.54, 1.807) is 6.26 Å². The number of carbonyl (C=O) groups excluding carboxylic acids is 1. The maximum Gasteiger partial charge on any atom is 0.319 e. The van der Waals surface area contributed by atoms with Crippen LogP contribution in [0.25, 0.3) is 0 Å². The van der Waals surface area contributed by atoms with Gasteiger partial charge in [0.15, 0.2) is 0 Å². The second-order valence-corrected chi connectivity index (χ2v) is 6.38. The molecular formula is C19H26N2O4. The standard InChI is InChI=1S/C19H26N2O4/c1-14(2)9-17(11-22)21-19(23)20-16-6-3-5-15(10-16)12-24-13-18-7-4-8-25-18/h3-8,10,14,17,22H,9,11-13H2,1-2H3,(H2,20,21,23). The van der Waals surface area contributed by atoms with Gasteiger partial charge in [-0.15, -0.1) is 0 Å². The average molecular weight is 346 g/mol. The molecule has 0 saturated carbocycles. The molecular weight excluding hydrogens is 320 g/mol. The zero-order valence-electron chi connectivity index (χ0n) is 14.7. The van der Waals surface area contributed by atoms with Gasteiger partial charge in [-0.2, -0.15) is 0 Å². The number of aliphatic hydroxyl groups is 1. The van der Waals surface area contributed by atoms with Gasteiger partial charge < -0.3 is 24.9 Å². The first-order chi connectivity index (χ1) is 12.1. The average Bonchev–Trinajstić information content (AvgIpc) is 3.07. The summed E-state index contributed by atoms with van der Waals surface area (Å²) in [5, 5.41) is 14.9. The summed E-state index contributed by atoms with van der Waals surface area (Å²) in [4.78, 5) is 12.1. The molecule has 0 aliphatic rings. The minimum absolute atomic E-state index is 0.0771. The molecule has 1 atom stereocenters. The zero-order chi connectivity index (χ0) is 18.1. The molecule has 1 unspecified atom stereocenters. The van der Waals surface area contributed by atoms with Crippen molar-refractivity contribution >= 4 is 11.7 Å². The lowest BCUT2D eigenvalue weighted by molar-refractivity contribution is 0.0930. The fraction of sp³-hybridized carbons (Fsp3) is 0.421. The van der Waals surface area contributed by atoms with Crippen molar-refractivity contribution in [2.45, 2.75) is 39.5 Å². The van der Waals surface area contributed by atoms with Gasteiger partial charge in [0.05, 0.1) is 25.5 Å². The first-order valence-electron chi connectivity index (χ1n) is 8.44. The number of aliphatic hydroxyl groups excluding tert-OH is 1. The lowest BCUT2D eigenvalue weighted by atomic mass is 10.0. The number of rotatable bonds is 9. The number of ether oxygens (including phenoxy) is 1. The van der Waals surface area contributed by atoms with Gasteiger partial charge in [0.2, 0.25) is 0 Å². The third kappa shape index (κ3) is 6.99. The SMILES string of the molecule is CC(C)CC(CO)NC(=O)Nc1cccc(COCc2ccco2)c1. The van der Waals surface area contributed by atoms with Gasteiger partial charge in [-0.25, -0.2) is 4.79 Å². The van der Waals surface area contributed by atoms with Gasteiger partial charge in [-0.1, -0.05) is 26.0 Å². The van der Waals surface area contributed by atoms with Crippen LogP contribution in [0.4, 0.5) is 10.5 Å². The molecule has 2 aromatic rings. The maximum atomic E-state index is 12.1. The second kappa shape index (κ2) is 9.86. The first-order valence-corrected chi connectivity index (χ1v) is 8.44. The number of hydrogen-bond donors (Lipinski definition) is 3. The van der Waals surface area contributed by atoms with E-state index in [-0.39, 0.29) is 18.7 Å². The van der Waals surface area contributed by atoms with Crippen molar-refractivity contribution in [2.24, 2.45) is 5.92 Å². The molecule has 2 rings (SSSR count). The summed E-state index contributed by atoms with van der Waals surface area (Å²) in [5.74, 6) is 1.17. The first kappa shape index (κ1) is 19.0. The van der Waals surface area contributed by atoms with Gasteiger partial charge in [0.1, 0.15) is 12.4 Å². The van der Waals surface area contributed by atoms with Crippen molar-refractivity contribution in [1.82, 2.24) is 5.32 Å². The third-order valence-electron chi connectivity index (χ3n) is 3.59. The summed E-state index contributed by atoms with van der Waals surface area (Å²) in [6.45, 7) is 4.85. The largest absolute Gasteiger partial charge is 0.467 e. The third-order valence-corrected chi connectivity index (χ3v) is 3.59. The number of urea groups is 1. The molecule has 0 radical (unpaired) electrons. The van der Waals surface area contributed by atoms with E-state index in [2.05, 4.69) is 24.5 Å². The van der Waals surface area contributed by atoms with Crippen LogP contribution in [-0.4, -0.2) is 23.8 Å². The van der Waals surface area contributed by atoms with Crippen LogP contribution in [0.2, 0.25) is 0 Å². The summed E-state index contributed by atoms with van der Waals surface area (Å²) < 4.78 is 10.8. The molecule has 1 aromatic carbocycles. The topological polar surface area (TPSA) is 83.7 Å². The molecule has 2 amide bonds. The molecule has 1 aromatic heterocycles. The number of benzene rings is 1. The minimum atomic E-state index is -0.326. The summed E-state index contributed by atoms with van der Waals surface area (Å²) in [6, 6.07) is 10.6. The highest BCUT2D eigenvalue weighted by Gasteiger charge is 2.13. The molecule has 3 N–H and O–H groups in total. The maximum absolute atomic E-state index is 12.1. The smallest absolute Gasteiger partial charge is 0.319 e. The van der Waals surface area contributed by atoms with Gasteiger partial charge in [0.25, 0.3) is 0 Å². The Bertz CT molecular complexity index is 641. The van der Waals surface area contributed by atoms with E-state index in [0.717, 1.165) is 17.7 Å². The van der Waals surface area contributed by atoms with E-state index in [1.165, 1.54) is 0 Å². The van der Waals surface area contributed by atoms with Crippen molar-refractivity contribution in [3.8, 4) is 0 Å². The predicted octanol–water partition coefficient (Wildman–Crippen LogP) is 3.52. The number of carbonyl (C=O) groups is 1. The van der Waals surface area contributed by atoms with E-state index >= 15 is 0 Å². The molecule has 0 bridgehead atoms. The van der Waals surface area contributed by atoms with E-state index in [1.807, 2.05) is 36.4 Å². The highest BCUT2D eigenvalue weighted by Crippen LogP contribution is 2.13. The molecule has 6 heteroatoms. The van der Waals surface area contributed by atoms with Crippen molar-refractivity contribution in [3.05, 3.63) is 54.0 Å². The molecule has 6 nitrogen and oxygen atoms in total. The molecule has 0 fully saturated rings. The summed E-state index contributed by atoms with van der Waals surface area (Å²) in [6.07, 6.45) is 2.34. The molecule has 136 valence electrons. The lowest BCUT2D eigenvalue weighted by Gasteiger charge is -2.18. The lowest BCUT2D eigenvalue weighted by Crippen LogP contribution is -2.40. The molecule has 25 heavy (non-hydrogen) atoms. The summed E-state index contributed by atoms with van der Waals surface area (Å²) in [7, 11) is 0. The van der Waals surface area contributed by atoms with E-state index in [4.69, 9.17) is 9.15 Å². The van der Waals surface area contributed by atoms with Gasteiger partial charge in [-0.05, 0) is 42.2 Å². The summed E-state index contributed by atoms with van der Waals surface area (Å²) >= 11 is 0. The van der Waals surface area contributed by atoms with Gasteiger partial charge >= 0.3 is 6.03 Å². The Labute approximate surface area is 148 Å². The Morgan fingerprint density at radius 1 is 1.24 bits per heavy atom. The van der Waals surface area contributed by atoms with E-state index in [0.29, 0.717) is 24.8 Å². The van der Waals surface area contributed by atoms with Crippen LogP contribution in [0.15, 0.2) is 47.1 Å². The Kier molecular flexibility index (Phi) is 7.50. The monoisotopic (exact) mass is 346 g/mol. The fourth-order valence-corrected chi connectivity index (χ4v) is 2.50. The van der Waals surface area contributed by atoms with Crippen molar-refractivity contribution in [3.63, 3.8) is 0 Å². The van der Waals surface area contributed by atoms with E-state index in [9.17, 15) is 9.90 Å². The van der Waals surface area contributed by atoms with Crippen LogP contribution in [0.5, 0.6) is 0 Å². The van der Waals surface area contributed by atoms with Crippen LogP contribution in [-0.2, 0) is 18.0 Å². The Morgan fingerprint density at radius 2 is 2.08 bits per heavy atom. The Hall–Kier alpha value is -2.31. The number of anilines is 1. The van der Waals surface area contributed by atoms with Crippen LogP contribution >= 0.6 is 0 Å². The molecule has 1 heterocycles. The Balaban J connectivity index is 1.82. The highest BCUT2D eigenvalue weighted by atomic mass is 16.5. The molecule has 0 aliphatic carbocycles. The quantitative estimate of drug-likeness (QED) is 0.648. The van der Waals surface area contributed by atoms with Crippen LogP contribution in [0.3, 0.4) is 0 Å². The number of furan rings is 1. The minimum Gasteiger partial charge on any atom is -0.467 e. The Morgan fingerprint density at radius 3 is 2.76 bits per heavy atom. The van der Waals surface area contributed by atoms with Gasteiger partial charge in [0, 0.05) is 5.69 Å². The van der Waals surface area contributed by atoms with Crippen molar-refractivity contribution in [1.29, 1.82) is 0 Å². The van der Waals surface area contributed by atoms with Gasteiger partial charge in [-0.3, -0.25) is 0 Å². The molecule has 0 saturated heterocycles. The summed E-state index contributed by atoms with van der Waals surface area (Å²) in [5.41, 5.74) is 1.63. The second-order valence-electron chi connectivity index (χ2n) is 6.38. The van der Waals surface area contributed by atoms with Crippen LogP contribution in [0.1, 0.15) is 31.6 Å². The van der Waals surface area contributed by atoms with Crippen LogP contribution in [0, 0.1) is 5.92 Å². The number of amides is 2. The normalized spacial score (nSPS) is 12.2. The number of hydrogen-bond acceptors (Lipinski definition) is 4. The van der Waals surface area contributed by atoms with E-state index < -0.39 is 0 Å². The van der Waals surface area contributed by atoms with Crippen LogP contribution < -0.4 is 10.6 Å². The molecule has 0 spiro atoms. The van der Waals surface area contributed by atoms with Crippen molar-refractivity contribution in [2.75, 3.05) is 11.9 Å². The predicted molar refractivity (Wildman–Crippen MR) is 96.1 cm³/mol. The fourth-order valence-electron chi connectivity index (χ4n) is 2.50. The number of nitrogens with one attached hydrogen (secondary N) is 2. The highest BCUT2D eigenvalue weighted by molar-refractivity contribution is 5.89.